The second-order valence-electron chi connectivity index (χ2n) is 4.53. The predicted octanol–water partition coefficient (Wildman–Crippen LogP) is 2.50. The molecule has 0 amide bonds. The zero-order valence-corrected chi connectivity index (χ0v) is 11.2. The van der Waals surface area contributed by atoms with Gasteiger partial charge in [-0.3, -0.25) is 0 Å². The van der Waals surface area contributed by atoms with Crippen molar-refractivity contribution in [3.63, 3.8) is 0 Å². The molecule has 1 atom stereocenters. The lowest BCUT2D eigenvalue weighted by molar-refractivity contribution is 0.0115. The van der Waals surface area contributed by atoms with E-state index in [9.17, 15) is 4.79 Å². The molecular formula is C13H19NO3S. The van der Waals surface area contributed by atoms with E-state index in [1.165, 1.54) is 24.2 Å². The van der Waals surface area contributed by atoms with Gasteiger partial charge in [-0.2, -0.15) is 0 Å². The number of thiophene rings is 1. The summed E-state index contributed by atoms with van der Waals surface area (Å²) < 4.78 is 5.65. The third-order valence-corrected chi connectivity index (χ3v) is 4.12. The van der Waals surface area contributed by atoms with Crippen LogP contribution in [0.1, 0.15) is 40.9 Å². The van der Waals surface area contributed by atoms with Gasteiger partial charge in [0, 0.05) is 13.2 Å². The van der Waals surface area contributed by atoms with E-state index in [0.717, 1.165) is 31.6 Å². The number of carbonyl (C=O) groups is 1. The Balaban J connectivity index is 1.68. The number of carboxylic acid groups (broad SMARTS) is 1. The van der Waals surface area contributed by atoms with Crippen LogP contribution in [0.15, 0.2) is 11.4 Å². The smallest absolute Gasteiger partial charge is 0.346 e. The third-order valence-electron chi connectivity index (χ3n) is 3.17. The van der Waals surface area contributed by atoms with E-state index >= 15 is 0 Å². The molecule has 1 fully saturated rings. The van der Waals surface area contributed by atoms with Crippen LogP contribution in [0, 0.1) is 0 Å². The minimum absolute atomic E-state index is 0.382. The summed E-state index contributed by atoms with van der Waals surface area (Å²) in [6, 6.07) is 1.87. The first-order valence-electron chi connectivity index (χ1n) is 6.39. The van der Waals surface area contributed by atoms with Crippen LogP contribution in [0.4, 0.5) is 0 Å². The van der Waals surface area contributed by atoms with E-state index in [4.69, 9.17) is 9.84 Å². The van der Waals surface area contributed by atoms with Gasteiger partial charge in [0.05, 0.1) is 6.10 Å². The molecule has 1 aromatic heterocycles. The van der Waals surface area contributed by atoms with Gasteiger partial charge in [-0.05, 0) is 49.2 Å². The number of carboxylic acids is 1. The summed E-state index contributed by atoms with van der Waals surface area (Å²) in [7, 11) is 0. The maximum absolute atomic E-state index is 10.9. The molecule has 1 saturated heterocycles. The molecule has 0 aromatic carbocycles. The van der Waals surface area contributed by atoms with Gasteiger partial charge in [0.2, 0.25) is 0 Å². The fraction of sp³-hybridized carbons (Fsp3) is 0.615. The van der Waals surface area contributed by atoms with Gasteiger partial charge >= 0.3 is 5.97 Å². The van der Waals surface area contributed by atoms with E-state index in [-0.39, 0.29) is 0 Å². The van der Waals surface area contributed by atoms with Crippen LogP contribution in [-0.4, -0.2) is 30.3 Å². The van der Waals surface area contributed by atoms with Gasteiger partial charge < -0.3 is 15.2 Å². The van der Waals surface area contributed by atoms with Gasteiger partial charge in [0.1, 0.15) is 4.88 Å². The lowest BCUT2D eigenvalue weighted by Crippen LogP contribution is -2.25. The lowest BCUT2D eigenvalue weighted by Gasteiger charge is -2.22. The Morgan fingerprint density at radius 2 is 2.44 bits per heavy atom. The highest BCUT2D eigenvalue weighted by atomic mass is 32.1. The van der Waals surface area contributed by atoms with Crippen molar-refractivity contribution < 1.29 is 14.6 Å². The van der Waals surface area contributed by atoms with Crippen molar-refractivity contribution in [3.05, 3.63) is 21.9 Å². The highest BCUT2D eigenvalue weighted by Gasteiger charge is 2.14. The average molecular weight is 269 g/mol. The summed E-state index contributed by atoms with van der Waals surface area (Å²) in [5.74, 6) is -0.836. The van der Waals surface area contributed by atoms with Gasteiger partial charge in [-0.25, -0.2) is 4.79 Å². The van der Waals surface area contributed by atoms with Crippen LogP contribution >= 0.6 is 11.3 Å². The molecule has 0 radical (unpaired) electrons. The summed E-state index contributed by atoms with van der Waals surface area (Å²) in [4.78, 5) is 11.4. The molecule has 2 N–H and O–H groups in total. The molecule has 1 unspecified atom stereocenters. The van der Waals surface area contributed by atoms with E-state index in [1.54, 1.807) is 0 Å². The molecular weight excluding hydrogens is 250 g/mol. The third kappa shape index (κ3) is 3.80. The van der Waals surface area contributed by atoms with Crippen molar-refractivity contribution in [2.24, 2.45) is 0 Å². The number of rotatable bonds is 6. The van der Waals surface area contributed by atoms with Crippen LogP contribution < -0.4 is 5.32 Å². The number of hydrogen-bond acceptors (Lipinski definition) is 4. The Bertz CT molecular complexity index is 385. The summed E-state index contributed by atoms with van der Waals surface area (Å²) in [5.41, 5.74) is 0.872. The van der Waals surface area contributed by atoms with Crippen LogP contribution in [0.3, 0.4) is 0 Å². The van der Waals surface area contributed by atoms with Crippen molar-refractivity contribution in [2.45, 2.75) is 38.3 Å². The van der Waals surface area contributed by atoms with Gasteiger partial charge in [-0.1, -0.05) is 0 Å². The van der Waals surface area contributed by atoms with Crippen LogP contribution in [0.2, 0.25) is 0 Å². The molecule has 0 bridgehead atoms. The number of hydrogen-bond donors (Lipinski definition) is 2. The fourth-order valence-electron chi connectivity index (χ4n) is 2.18. The summed E-state index contributed by atoms with van der Waals surface area (Å²) >= 11 is 1.28. The molecule has 1 aliphatic heterocycles. The Morgan fingerprint density at radius 1 is 1.56 bits per heavy atom. The lowest BCUT2D eigenvalue weighted by atomic mass is 10.1. The molecule has 1 aliphatic rings. The van der Waals surface area contributed by atoms with Gasteiger partial charge in [-0.15, -0.1) is 11.3 Å². The summed E-state index contributed by atoms with van der Waals surface area (Å²) in [5, 5.41) is 14.1. The van der Waals surface area contributed by atoms with Crippen molar-refractivity contribution in [3.8, 4) is 0 Å². The van der Waals surface area contributed by atoms with Crippen molar-refractivity contribution in [1.29, 1.82) is 0 Å². The molecule has 0 spiro atoms. The van der Waals surface area contributed by atoms with E-state index < -0.39 is 5.97 Å². The molecule has 18 heavy (non-hydrogen) atoms. The quantitative estimate of drug-likeness (QED) is 0.779. The molecule has 4 nitrogen and oxygen atoms in total. The predicted molar refractivity (Wildman–Crippen MR) is 71.2 cm³/mol. The Labute approximate surface area is 111 Å². The minimum atomic E-state index is -0.836. The standard InChI is InChI=1S/C13H19NO3S/c15-13(16)12-10(5-8-18-12)9-14-6-4-11-3-1-2-7-17-11/h5,8,11,14H,1-4,6-7,9H2,(H,15,16). The first-order chi connectivity index (χ1) is 8.77. The second kappa shape index (κ2) is 6.87. The molecule has 1 aromatic rings. The maximum atomic E-state index is 10.9. The zero-order valence-electron chi connectivity index (χ0n) is 10.4. The minimum Gasteiger partial charge on any atom is -0.477 e. The highest BCUT2D eigenvalue weighted by Crippen LogP contribution is 2.17. The van der Waals surface area contributed by atoms with E-state index in [0.29, 0.717) is 17.5 Å². The van der Waals surface area contributed by atoms with Gasteiger partial charge in [0.15, 0.2) is 0 Å². The Kier molecular flexibility index (Phi) is 5.16. The first-order valence-corrected chi connectivity index (χ1v) is 7.27. The van der Waals surface area contributed by atoms with Crippen LogP contribution in [0.5, 0.6) is 0 Å². The topological polar surface area (TPSA) is 58.6 Å². The molecule has 0 saturated carbocycles. The van der Waals surface area contributed by atoms with E-state index in [1.807, 2.05) is 11.4 Å². The largest absolute Gasteiger partial charge is 0.477 e. The second-order valence-corrected chi connectivity index (χ2v) is 5.45. The molecule has 2 rings (SSSR count). The van der Waals surface area contributed by atoms with Crippen LogP contribution in [0.25, 0.3) is 0 Å². The highest BCUT2D eigenvalue weighted by molar-refractivity contribution is 7.12. The van der Waals surface area contributed by atoms with Crippen molar-refractivity contribution in [1.82, 2.24) is 5.32 Å². The molecule has 100 valence electrons. The number of ether oxygens (including phenoxy) is 1. The summed E-state index contributed by atoms with van der Waals surface area (Å²) in [6.07, 6.45) is 4.99. The number of aromatic carboxylic acids is 1. The van der Waals surface area contributed by atoms with Crippen molar-refractivity contribution in [2.75, 3.05) is 13.2 Å². The van der Waals surface area contributed by atoms with Crippen LogP contribution in [-0.2, 0) is 11.3 Å². The Morgan fingerprint density at radius 3 is 3.17 bits per heavy atom. The SMILES string of the molecule is O=C(O)c1sccc1CNCCC1CCCCO1. The summed E-state index contributed by atoms with van der Waals surface area (Å²) in [6.45, 7) is 2.38. The van der Waals surface area contributed by atoms with Crippen molar-refractivity contribution >= 4 is 17.3 Å². The fourth-order valence-corrected chi connectivity index (χ4v) is 2.94. The first kappa shape index (κ1) is 13.5. The molecule has 2 heterocycles. The Hall–Kier alpha value is -0.910. The average Bonchev–Trinajstić information content (AvgIpc) is 2.84. The molecule has 5 heteroatoms. The normalized spacial score (nSPS) is 19.9. The number of nitrogens with one attached hydrogen (secondary N) is 1. The maximum Gasteiger partial charge on any atom is 0.346 e. The van der Waals surface area contributed by atoms with E-state index in [2.05, 4.69) is 5.32 Å². The van der Waals surface area contributed by atoms with Gasteiger partial charge in [0.25, 0.3) is 0 Å². The molecule has 0 aliphatic carbocycles. The zero-order chi connectivity index (χ0) is 12.8. The monoisotopic (exact) mass is 269 g/mol.